The molecule has 0 N–H and O–H groups in total. The molecule has 8 nitrogen and oxygen atoms in total. The molecule has 0 aromatic carbocycles. The maximum atomic E-state index is 13.6. The van der Waals surface area contributed by atoms with Gasteiger partial charge < -0.3 is 23.7 Å². The summed E-state index contributed by atoms with van der Waals surface area (Å²) in [6, 6.07) is 0. The van der Waals surface area contributed by atoms with Crippen molar-refractivity contribution in [3.63, 3.8) is 0 Å². The Morgan fingerprint density at radius 1 is 1.09 bits per heavy atom. The van der Waals surface area contributed by atoms with Crippen molar-refractivity contribution < 1.29 is 38.1 Å². The van der Waals surface area contributed by atoms with Crippen molar-refractivity contribution >= 4 is 17.9 Å². The summed E-state index contributed by atoms with van der Waals surface area (Å²) in [5.41, 5.74) is -1.06. The number of carbonyl (C=O) groups excluding carboxylic acids is 3. The number of ether oxygens (including phenoxy) is 5. The minimum Gasteiger partial charge on any atom is -0.459 e. The maximum Gasteiger partial charge on any atom is 0.344 e. The number of hydrogen-bond donors (Lipinski definition) is 0. The molecule has 4 fully saturated rings. The van der Waals surface area contributed by atoms with Crippen LogP contribution in [0.4, 0.5) is 0 Å². The van der Waals surface area contributed by atoms with Gasteiger partial charge in [-0.2, -0.15) is 0 Å². The van der Waals surface area contributed by atoms with Gasteiger partial charge in [0.05, 0.1) is 11.3 Å². The molecule has 7 atom stereocenters. The van der Waals surface area contributed by atoms with Gasteiger partial charge in [-0.25, -0.2) is 4.79 Å². The summed E-state index contributed by atoms with van der Waals surface area (Å²) in [5.74, 6) is -3.00. The van der Waals surface area contributed by atoms with E-state index in [2.05, 4.69) is 6.92 Å². The van der Waals surface area contributed by atoms with Crippen molar-refractivity contribution in [3.8, 4) is 0 Å². The van der Waals surface area contributed by atoms with E-state index < -0.39 is 47.4 Å². The van der Waals surface area contributed by atoms with E-state index in [1.807, 2.05) is 13.8 Å². The highest BCUT2D eigenvalue weighted by Crippen LogP contribution is 2.64. The lowest BCUT2D eigenvalue weighted by Crippen LogP contribution is -2.47. The van der Waals surface area contributed by atoms with Crippen LogP contribution in [0.15, 0.2) is 0 Å². The van der Waals surface area contributed by atoms with E-state index in [1.165, 1.54) is 0 Å². The zero-order valence-corrected chi connectivity index (χ0v) is 21.4. The van der Waals surface area contributed by atoms with Crippen LogP contribution in [0.1, 0.15) is 79.6 Å². The van der Waals surface area contributed by atoms with Gasteiger partial charge in [0.2, 0.25) is 0 Å². The fourth-order valence-corrected chi connectivity index (χ4v) is 6.66. The van der Waals surface area contributed by atoms with Gasteiger partial charge in [-0.05, 0) is 71.6 Å². The second-order valence-corrected chi connectivity index (χ2v) is 11.4. The number of fused-ring (bicyclic) bond motifs is 1. The smallest absolute Gasteiger partial charge is 0.344 e. The first kappa shape index (κ1) is 25.4. The predicted octanol–water partition coefficient (Wildman–Crippen LogP) is 3.79. The molecule has 2 bridgehead atoms. The molecule has 0 aromatic rings. The van der Waals surface area contributed by atoms with Crippen LogP contribution in [0.2, 0.25) is 0 Å². The Morgan fingerprint density at radius 2 is 1.76 bits per heavy atom. The summed E-state index contributed by atoms with van der Waals surface area (Å²) in [5, 5.41) is 0. The molecule has 0 spiro atoms. The third-order valence-corrected chi connectivity index (χ3v) is 9.18. The summed E-state index contributed by atoms with van der Waals surface area (Å²) in [4.78, 5) is 38.5. The monoisotopic (exact) mass is 480 g/mol. The molecule has 4 rings (SSSR count). The van der Waals surface area contributed by atoms with Crippen LogP contribution < -0.4 is 0 Å². The average molecular weight is 481 g/mol. The van der Waals surface area contributed by atoms with Gasteiger partial charge >= 0.3 is 17.9 Å². The molecular weight excluding hydrogens is 440 g/mol. The van der Waals surface area contributed by atoms with E-state index >= 15 is 0 Å². The minimum absolute atomic E-state index is 0.0491. The van der Waals surface area contributed by atoms with E-state index in [0.717, 1.165) is 32.1 Å². The molecular formula is C26H40O8. The number of carbonyl (C=O) groups is 3. The Hall–Kier alpha value is -1.67. The van der Waals surface area contributed by atoms with Crippen molar-refractivity contribution in [1.82, 2.24) is 0 Å². The summed E-state index contributed by atoms with van der Waals surface area (Å²) in [6.45, 7) is 8.91. The molecule has 3 aliphatic carbocycles. The molecule has 1 heterocycles. The van der Waals surface area contributed by atoms with Crippen molar-refractivity contribution in [2.75, 3.05) is 13.7 Å². The van der Waals surface area contributed by atoms with Gasteiger partial charge in [-0.15, -0.1) is 0 Å². The highest BCUT2D eigenvalue weighted by atomic mass is 16.7. The largest absolute Gasteiger partial charge is 0.459 e. The molecule has 34 heavy (non-hydrogen) atoms. The van der Waals surface area contributed by atoms with E-state index in [-0.39, 0.29) is 29.8 Å². The molecule has 4 aliphatic rings. The molecule has 3 saturated carbocycles. The molecule has 1 aliphatic heterocycles. The Balaban J connectivity index is 1.48. The molecule has 192 valence electrons. The second-order valence-electron chi connectivity index (χ2n) is 11.4. The van der Waals surface area contributed by atoms with Crippen molar-refractivity contribution in [2.24, 2.45) is 29.1 Å². The number of methoxy groups -OCH3 is 1. The number of rotatable bonds is 9. The van der Waals surface area contributed by atoms with E-state index in [9.17, 15) is 14.4 Å². The lowest BCUT2D eigenvalue weighted by Gasteiger charge is -2.37. The molecule has 1 saturated heterocycles. The number of esters is 3. The van der Waals surface area contributed by atoms with Gasteiger partial charge in [-0.3, -0.25) is 9.59 Å². The van der Waals surface area contributed by atoms with Crippen molar-refractivity contribution in [2.45, 2.75) is 103 Å². The van der Waals surface area contributed by atoms with Crippen LogP contribution in [0.25, 0.3) is 0 Å². The zero-order chi connectivity index (χ0) is 24.9. The van der Waals surface area contributed by atoms with Gasteiger partial charge in [0.15, 0.2) is 12.4 Å². The molecule has 0 aromatic heterocycles. The first-order valence-corrected chi connectivity index (χ1v) is 12.8. The highest BCUT2D eigenvalue weighted by Gasteiger charge is 2.73. The molecule has 8 heteroatoms. The fourth-order valence-electron chi connectivity index (χ4n) is 6.66. The first-order chi connectivity index (χ1) is 16.0. The lowest BCUT2D eigenvalue weighted by molar-refractivity contribution is -0.227. The van der Waals surface area contributed by atoms with Gasteiger partial charge in [-0.1, -0.05) is 13.8 Å². The average Bonchev–Trinajstić information content (AvgIpc) is 3.55. The fraction of sp³-hybridized carbons (Fsp3) is 0.885. The lowest BCUT2D eigenvalue weighted by atomic mass is 9.75. The van der Waals surface area contributed by atoms with Crippen LogP contribution in [-0.2, 0) is 38.1 Å². The van der Waals surface area contributed by atoms with Crippen molar-refractivity contribution in [1.29, 1.82) is 0 Å². The maximum absolute atomic E-state index is 13.6. The third kappa shape index (κ3) is 4.15. The summed E-state index contributed by atoms with van der Waals surface area (Å²) >= 11 is 0. The standard InChI is InChI=1S/C26H40O8/c1-7-24(3,4)23(29)31-14-17(27)32-20-15-13-16-19(25(5,30-6)33-21(16)20)18(15)22(28)34-26(8-2)11-9-10-12-26/h15-16,18-21H,7-14H2,1-6H3. The Morgan fingerprint density at radius 3 is 2.35 bits per heavy atom. The Kier molecular flexibility index (Phi) is 6.79. The summed E-state index contributed by atoms with van der Waals surface area (Å²) < 4.78 is 29.2. The first-order valence-electron chi connectivity index (χ1n) is 12.8. The SMILES string of the molecule is CCC1(OC(=O)C2C3CC4C(OC(C)(OC)C42)C3OC(=O)COC(=O)C(C)(C)CC)CCCC1. The van der Waals surface area contributed by atoms with Crippen LogP contribution in [0.5, 0.6) is 0 Å². The zero-order valence-electron chi connectivity index (χ0n) is 21.4. The quantitative estimate of drug-likeness (QED) is 0.363. The molecule has 0 radical (unpaired) electrons. The molecule has 0 amide bonds. The van der Waals surface area contributed by atoms with Crippen LogP contribution in [0.3, 0.4) is 0 Å². The second kappa shape index (κ2) is 9.08. The van der Waals surface area contributed by atoms with E-state index in [4.69, 9.17) is 23.7 Å². The summed E-state index contributed by atoms with van der Waals surface area (Å²) in [7, 11) is 1.58. The van der Waals surface area contributed by atoms with Gasteiger partial charge in [0.1, 0.15) is 17.8 Å². The summed E-state index contributed by atoms with van der Waals surface area (Å²) in [6.07, 6.45) is 5.08. The minimum atomic E-state index is -0.943. The third-order valence-electron chi connectivity index (χ3n) is 9.18. The van der Waals surface area contributed by atoms with Crippen molar-refractivity contribution in [3.05, 3.63) is 0 Å². The van der Waals surface area contributed by atoms with Gasteiger partial charge in [0, 0.05) is 18.9 Å². The van der Waals surface area contributed by atoms with Crippen LogP contribution in [0, 0.1) is 29.1 Å². The molecule has 7 unspecified atom stereocenters. The van der Waals surface area contributed by atoms with Crippen LogP contribution in [-0.4, -0.2) is 55.2 Å². The normalized spacial score (nSPS) is 37.6. The van der Waals surface area contributed by atoms with E-state index in [1.54, 1.807) is 21.0 Å². The van der Waals surface area contributed by atoms with E-state index in [0.29, 0.717) is 12.8 Å². The predicted molar refractivity (Wildman–Crippen MR) is 121 cm³/mol. The Bertz CT molecular complexity index is 816. The topological polar surface area (TPSA) is 97.4 Å². The van der Waals surface area contributed by atoms with Gasteiger partial charge in [0.25, 0.3) is 0 Å². The Labute approximate surface area is 202 Å². The van der Waals surface area contributed by atoms with Crippen LogP contribution >= 0.6 is 0 Å². The number of hydrogen-bond acceptors (Lipinski definition) is 8. The highest BCUT2D eigenvalue weighted by molar-refractivity contribution is 5.80.